The molecule has 0 bridgehead atoms. The van der Waals surface area contributed by atoms with Gasteiger partial charge in [0.25, 0.3) is 0 Å². The summed E-state index contributed by atoms with van der Waals surface area (Å²) in [4.78, 5) is 0. The maximum atomic E-state index is 12.9. The van der Waals surface area contributed by atoms with Crippen LogP contribution in [0.2, 0.25) is 0 Å². The van der Waals surface area contributed by atoms with Crippen molar-refractivity contribution in [1.29, 1.82) is 0 Å². The van der Waals surface area contributed by atoms with E-state index >= 15 is 0 Å². The molecule has 0 aliphatic heterocycles. The van der Waals surface area contributed by atoms with Gasteiger partial charge >= 0.3 is 0 Å². The standard InChI is InChI=1S/C8H7F2I/c1-4-3-6(11)8(10)5(2)7(4)9/h3H,1-2H3. The first kappa shape index (κ1) is 8.90. The van der Waals surface area contributed by atoms with Crippen LogP contribution in [-0.4, -0.2) is 0 Å². The molecule has 0 aliphatic rings. The lowest BCUT2D eigenvalue weighted by Crippen LogP contribution is -1.95. The van der Waals surface area contributed by atoms with E-state index in [1.165, 1.54) is 13.0 Å². The highest BCUT2D eigenvalue weighted by Gasteiger charge is 2.10. The fourth-order valence-corrected chi connectivity index (χ4v) is 1.76. The van der Waals surface area contributed by atoms with E-state index in [0.717, 1.165) is 0 Å². The number of hydrogen-bond acceptors (Lipinski definition) is 0. The third-order valence-corrected chi connectivity index (χ3v) is 2.34. The van der Waals surface area contributed by atoms with E-state index in [4.69, 9.17) is 0 Å². The van der Waals surface area contributed by atoms with Crippen molar-refractivity contribution in [3.8, 4) is 0 Å². The number of benzene rings is 1. The minimum absolute atomic E-state index is 0.106. The van der Waals surface area contributed by atoms with Crippen LogP contribution in [-0.2, 0) is 0 Å². The molecular formula is C8H7F2I. The van der Waals surface area contributed by atoms with Crippen LogP contribution in [0.5, 0.6) is 0 Å². The lowest BCUT2D eigenvalue weighted by molar-refractivity contribution is 0.557. The summed E-state index contributed by atoms with van der Waals surface area (Å²) in [6.07, 6.45) is 0. The number of rotatable bonds is 0. The van der Waals surface area contributed by atoms with E-state index < -0.39 is 11.6 Å². The van der Waals surface area contributed by atoms with Gasteiger partial charge in [0.05, 0.1) is 0 Å². The first-order valence-electron chi connectivity index (χ1n) is 3.14. The lowest BCUT2D eigenvalue weighted by atomic mass is 10.1. The second-order valence-corrected chi connectivity index (χ2v) is 3.59. The molecular weight excluding hydrogens is 261 g/mol. The number of halogens is 3. The summed E-state index contributed by atoms with van der Waals surface area (Å²) in [7, 11) is 0. The summed E-state index contributed by atoms with van der Waals surface area (Å²) in [6.45, 7) is 3.07. The summed E-state index contributed by atoms with van der Waals surface area (Å²) < 4.78 is 26.3. The molecule has 0 saturated heterocycles. The zero-order valence-corrected chi connectivity index (χ0v) is 8.37. The highest BCUT2D eigenvalue weighted by molar-refractivity contribution is 14.1. The highest BCUT2D eigenvalue weighted by Crippen LogP contribution is 2.20. The van der Waals surface area contributed by atoms with Crippen molar-refractivity contribution in [3.63, 3.8) is 0 Å². The Morgan fingerprint density at radius 3 is 2.27 bits per heavy atom. The molecule has 60 valence electrons. The molecule has 0 unspecified atom stereocenters. The normalized spacial score (nSPS) is 10.3. The molecule has 0 N–H and O–H groups in total. The third kappa shape index (κ3) is 1.52. The fraction of sp³-hybridized carbons (Fsp3) is 0.250. The molecule has 1 rings (SSSR count). The molecule has 0 heterocycles. The van der Waals surface area contributed by atoms with Crippen molar-refractivity contribution >= 4 is 22.6 Å². The molecule has 0 fully saturated rings. The van der Waals surface area contributed by atoms with Gasteiger partial charge in [-0.3, -0.25) is 0 Å². The van der Waals surface area contributed by atoms with Gasteiger partial charge in [0.1, 0.15) is 11.6 Å². The molecule has 0 aromatic heterocycles. The van der Waals surface area contributed by atoms with Crippen molar-refractivity contribution in [2.24, 2.45) is 0 Å². The Labute approximate surface area is 77.8 Å². The van der Waals surface area contributed by atoms with Gasteiger partial charge in [-0.25, -0.2) is 8.78 Å². The zero-order valence-electron chi connectivity index (χ0n) is 6.21. The molecule has 3 heteroatoms. The van der Waals surface area contributed by atoms with Gasteiger partial charge in [-0.2, -0.15) is 0 Å². The molecule has 0 spiro atoms. The van der Waals surface area contributed by atoms with Gasteiger partial charge < -0.3 is 0 Å². The summed E-state index contributed by atoms with van der Waals surface area (Å²) in [5, 5.41) is 0. The van der Waals surface area contributed by atoms with Crippen molar-refractivity contribution in [2.45, 2.75) is 13.8 Å². The number of hydrogen-bond donors (Lipinski definition) is 0. The molecule has 1 aromatic carbocycles. The van der Waals surface area contributed by atoms with Crippen LogP contribution in [0, 0.1) is 29.1 Å². The Balaban J connectivity index is 3.46. The number of aryl methyl sites for hydroxylation is 1. The second kappa shape index (κ2) is 3.05. The van der Waals surface area contributed by atoms with Crippen LogP contribution >= 0.6 is 22.6 Å². The van der Waals surface area contributed by atoms with E-state index in [-0.39, 0.29) is 5.56 Å². The van der Waals surface area contributed by atoms with Gasteiger partial charge in [0.2, 0.25) is 0 Å². The third-order valence-electron chi connectivity index (χ3n) is 1.56. The summed E-state index contributed by atoms with van der Waals surface area (Å²) in [6, 6.07) is 1.50. The maximum Gasteiger partial charge on any atom is 0.142 e. The average molecular weight is 268 g/mol. The fourth-order valence-electron chi connectivity index (χ4n) is 0.888. The quantitative estimate of drug-likeness (QED) is 0.500. The van der Waals surface area contributed by atoms with Crippen molar-refractivity contribution in [2.75, 3.05) is 0 Å². The topological polar surface area (TPSA) is 0 Å². The van der Waals surface area contributed by atoms with Gasteiger partial charge in [-0.15, -0.1) is 0 Å². The van der Waals surface area contributed by atoms with E-state index in [1.807, 2.05) is 22.6 Å². The summed E-state index contributed by atoms with van der Waals surface area (Å²) in [5.74, 6) is -0.892. The van der Waals surface area contributed by atoms with Crippen LogP contribution in [0.4, 0.5) is 8.78 Å². The lowest BCUT2D eigenvalue weighted by Gasteiger charge is -2.03. The average Bonchev–Trinajstić information content (AvgIpc) is 1.97. The maximum absolute atomic E-state index is 12.9. The Hall–Kier alpha value is -0.190. The van der Waals surface area contributed by atoms with Crippen LogP contribution in [0.25, 0.3) is 0 Å². The van der Waals surface area contributed by atoms with E-state index in [2.05, 4.69) is 0 Å². The van der Waals surface area contributed by atoms with Crippen LogP contribution in [0.3, 0.4) is 0 Å². The molecule has 0 atom stereocenters. The van der Waals surface area contributed by atoms with Gasteiger partial charge in [-0.05, 0) is 48.1 Å². The smallest absolute Gasteiger partial charge is 0.142 e. The second-order valence-electron chi connectivity index (χ2n) is 2.43. The van der Waals surface area contributed by atoms with E-state index in [9.17, 15) is 8.78 Å². The summed E-state index contributed by atoms with van der Waals surface area (Å²) >= 11 is 1.85. The Bertz CT molecular complexity index is 268. The first-order valence-corrected chi connectivity index (χ1v) is 4.22. The molecule has 0 saturated carbocycles. The molecule has 11 heavy (non-hydrogen) atoms. The molecule has 0 amide bonds. The highest BCUT2D eigenvalue weighted by atomic mass is 127. The van der Waals surface area contributed by atoms with Crippen molar-refractivity contribution in [1.82, 2.24) is 0 Å². The van der Waals surface area contributed by atoms with E-state index in [0.29, 0.717) is 9.13 Å². The Kier molecular flexibility index (Phi) is 2.47. The monoisotopic (exact) mass is 268 g/mol. The van der Waals surface area contributed by atoms with Gasteiger partial charge in [-0.1, -0.05) is 0 Å². The minimum atomic E-state index is -0.450. The largest absolute Gasteiger partial charge is 0.206 e. The van der Waals surface area contributed by atoms with Crippen molar-refractivity contribution < 1.29 is 8.78 Å². The first-order chi connectivity index (χ1) is 5.04. The molecule has 0 aliphatic carbocycles. The predicted molar refractivity (Wildman–Crippen MR) is 48.5 cm³/mol. The van der Waals surface area contributed by atoms with E-state index in [1.54, 1.807) is 6.92 Å². The van der Waals surface area contributed by atoms with Crippen LogP contribution < -0.4 is 0 Å². The Morgan fingerprint density at radius 2 is 1.73 bits per heavy atom. The van der Waals surface area contributed by atoms with Crippen molar-refractivity contribution in [3.05, 3.63) is 32.4 Å². The van der Waals surface area contributed by atoms with Gasteiger partial charge in [0.15, 0.2) is 0 Å². The van der Waals surface area contributed by atoms with Crippen LogP contribution in [0.15, 0.2) is 6.07 Å². The zero-order chi connectivity index (χ0) is 8.59. The summed E-state index contributed by atoms with van der Waals surface area (Å²) in [5.41, 5.74) is 0.600. The molecule has 0 radical (unpaired) electrons. The van der Waals surface area contributed by atoms with Crippen LogP contribution in [0.1, 0.15) is 11.1 Å². The molecule has 1 aromatic rings. The van der Waals surface area contributed by atoms with Gasteiger partial charge in [0, 0.05) is 9.13 Å². The SMILES string of the molecule is Cc1cc(I)c(F)c(C)c1F. The Morgan fingerprint density at radius 1 is 1.18 bits per heavy atom. The predicted octanol–water partition coefficient (Wildman–Crippen LogP) is 3.19. The minimum Gasteiger partial charge on any atom is -0.206 e. The molecule has 0 nitrogen and oxygen atoms in total.